The Morgan fingerprint density at radius 2 is 1.26 bits per heavy atom. The number of hydrogen-bond acceptors (Lipinski definition) is 2. The van der Waals surface area contributed by atoms with Crippen molar-refractivity contribution < 1.29 is 9.53 Å². The molecule has 3 nitrogen and oxygen atoms in total. The normalized spacial score (nSPS) is 15.1. The van der Waals surface area contributed by atoms with Gasteiger partial charge in [0.15, 0.2) is 0 Å². The van der Waals surface area contributed by atoms with E-state index in [1.54, 1.807) is 12.0 Å². The van der Waals surface area contributed by atoms with Crippen molar-refractivity contribution in [2.75, 3.05) is 18.6 Å². The van der Waals surface area contributed by atoms with Crippen LogP contribution in [0.5, 0.6) is 5.75 Å². The van der Waals surface area contributed by atoms with Crippen molar-refractivity contribution in [1.82, 2.24) is 0 Å². The van der Waals surface area contributed by atoms with Crippen LogP contribution in [0.15, 0.2) is 115 Å². The highest BCUT2D eigenvalue weighted by molar-refractivity contribution is 9.10. The molecule has 1 atom stereocenters. The molecule has 1 aliphatic heterocycles. The number of halogens is 1. The topological polar surface area (TPSA) is 29.5 Å². The predicted octanol–water partition coefficient (Wildman–Crippen LogP) is 5.64. The second kappa shape index (κ2) is 12.0. The van der Waals surface area contributed by atoms with Gasteiger partial charge in [-0.15, -0.1) is 0 Å². The molecule has 0 spiro atoms. The van der Waals surface area contributed by atoms with E-state index in [4.69, 9.17) is 4.74 Å². The van der Waals surface area contributed by atoms with E-state index >= 15 is 0 Å². The van der Waals surface area contributed by atoms with Gasteiger partial charge in [0.1, 0.15) is 5.75 Å². The molecule has 1 unspecified atom stereocenters. The number of methoxy groups -OCH3 is 1. The molecule has 34 heavy (non-hydrogen) atoms. The first-order valence-corrected chi connectivity index (χ1v) is 13.5. The van der Waals surface area contributed by atoms with E-state index in [1.165, 1.54) is 15.9 Å². The number of benzene rings is 4. The molecule has 0 radical (unpaired) electrons. The van der Waals surface area contributed by atoms with Crippen LogP contribution < -0.4 is 25.6 Å². The number of amides is 1. The molecular weight excluding hydrogens is 505 g/mol. The van der Waals surface area contributed by atoms with Crippen molar-refractivity contribution >= 4 is 51.4 Å². The molecule has 4 aromatic rings. The van der Waals surface area contributed by atoms with E-state index < -0.39 is 7.92 Å². The summed E-state index contributed by atoms with van der Waals surface area (Å²) in [6, 6.07) is 39.9. The van der Waals surface area contributed by atoms with Gasteiger partial charge in [-0.2, -0.15) is 0 Å². The highest BCUT2D eigenvalue weighted by Gasteiger charge is 2.30. The quantitative estimate of drug-likeness (QED) is 0.246. The summed E-state index contributed by atoms with van der Waals surface area (Å²) < 4.78 is 5.13. The smallest absolute Gasteiger partial charge is 0.240 e. The third-order valence-corrected chi connectivity index (χ3v) is 8.84. The van der Waals surface area contributed by atoms with Gasteiger partial charge in [-0.05, 0) is 42.4 Å². The first-order valence-electron chi connectivity index (χ1n) is 11.2. The summed E-state index contributed by atoms with van der Waals surface area (Å²) in [5, 5.41) is 4.19. The molecule has 5 rings (SSSR count). The van der Waals surface area contributed by atoms with Gasteiger partial charge >= 0.3 is 0 Å². The minimum absolute atomic E-state index is 0.0382. The molecule has 0 bridgehead atoms. The van der Waals surface area contributed by atoms with Crippen LogP contribution in [0.4, 0.5) is 5.69 Å². The van der Waals surface area contributed by atoms with Crippen LogP contribution in [0, 0.1) is 0 Å². The van der Waals surface area contributed by atoms with Crippen LogP contribution >= 0.6 is 23.9 Å². The van der Waals surface area contributed by atoms with Crippen molar-refractivity contribution in [1.29, 1.82) is 0 Å². The summed E-state index contributed by atoms with van der Waals surface area (Å²) >= 11 is 3.35. The maximum Gasteiger partial charge on any atom is 0.240 e. The maximum absolute atomic E-state index is 11.7. The Morgan fingerprint density at radius 3 is 1.68 bits per heavy atom. The Bertz CT molecular complexity index is 1090. The number of anilines is 1. The first-order chi connectivity index (χ1) is 16.7. The molecule has 0 saturated carbocycles. The fourth-order valence-corrected chi connectivity index (χ4v) is 6.62. The number of rotatable bonds is 5. The third kappa shape index (κ3) is 5.94. The monoisotopic (exact) mass is 531 g/mol. The molecule has 1 aliphatic rings. The van der Waals surface area contributed by atoms with E-state index in [0.29, 0.717) is 0 Å². The molecule has 5 heteroatoms. The van der Waals surface area contributed by atoms with E-state index in [0.717, 1.165) is 24.4 Å². The van der Waals surface area contributed by atoms with Gasteiger partial charge in [0.05, 0.1) is 11.9 Å². The summed E-state index contributed by atoms with van der Waals surface area (Å²) in [5.74, 6) is 0.904. The highest BCUT2D eigenvalue weighted by Crippen LogP contribution is 2.32. The number of alkyl halides is 1. The lowest BCUT2D eigenvalue weighted by Gasteiger charge is -2.18. The molecule has 1 fully saturated rings. The average molecular weight is 532 g/mol. The van der Waals surface area contributed by atoms with Gasteiger partial charge in [-0.1, -0.05) is 113 Å². The Morgan fingerprint density at radius 1 is 0.765 bits per heavy atom. The van der Waals surface area contributed by atoms with Crippen LogP contribution in [0.1, 0.15) is 6.42 Å². The first kappa shape index (κ1) is 24.2. The highest BCUT2D eigenvalue weighted by atomic mass is 79.9. The second-order valence-corrected chi connectivity index (χ2v) is 11.1. The van der Waals surface area contributed by atoms with Gasteiger partial charge in [-0.3, -0.25) is 4.79 Å². The van der Waals surface area contributed by atoms with Crippen molar-refractivity contribution in [3.63, 3.8) is 0 Å². The van der Waals surface area contributed by atoms with Crippen LogP contribution in [-0.2, 0) is 4.79 Å². The zero-order chi connectivity index (χ0) is 23.8. The SMILES string of the molecule is COc1cccc(N2CCC(Br)C2=O)c1.c1ccc(P(c2ccccc2)c2ccccc2)cc1. The van der Waals surface area contributed by atoms with Crippen LogP contribution in [0.25, 0.3) is 0 Å². The van der Waals surface area contributed by atoms with E-state index in [1.807, 2.05) is 24.3 Å². The molecule has 172 valence electrons. The summed E-state index contributed by atoms with van der Waals surface area (Å²) in [5.41, 5.74) is 0.904. The Hall–Kier alpha value is -2.94. The summed E-state index contributed by atoms with van der Waals surface area (Å²) in [6.07, 6.45) is 0.857. The Labute approximate surface area is 211 Å². The largest absolute Gasteiger partial charge is 0.497 e. The average Bonchev–Trinajstić information content (AvgIpc) is 3.24. The minimum Gasteiger partial charge on any atom is -0.497 e. The van der Waals surface area contributed by atoms with E-state index in [2.05, 4.69) is 107 Å². The Balaban J connectivity index is 0.000000166. The lowest BCUT2D eigenvalue weighted by molar-refractivity contribution is -0.116. The minimum atomic E-state index is -0.446. The fraction of sp³-hybridized carbons (Fsp3) is 0.138. The van der Waals surface area contributed by atoms with Gasteiger partial charge in [-0.25, -0.2) is 0 Å². The van der Waals surface area contributed by atoms with Gasteiger partial charge < -0.3 is 9.64 Å². The lowest BCUT2D eigenvalue weighted by atomic mass is 10.3. The van der Waals surface area contributed by atoms with Gasteiger partial charge in [0.25, 0.3) is 0 Å². The van der Waals surface area contributed by atoms with Crippen molar-refractivity contribution in [3.8, 4) is 5.75 Å². The molecule has 4 aromatic carbocycles. The van der Waals surface area contributed by atoms with Gasteiger partial charge in [0, 0.05) is 18.3 Å². The molecular formula is C29H27BrNO2P. The van der Waals surface area contributed by atoms with Crippen molar-refractivity contribution in [2.45, 2.75) is 11.2 Å². The van der Waals surface area contributed by atoms with E-state index in [9.17, 15) is 4.79 Å². The summed E-state index contributed by atoms with van der Waals surface area (Å²) in [4.78, 5) is 13.5. The van der Waals surface area contributed by atoms with E-state index in [-0.39, 0.29) is 10.7 Å². The molecule has 0 aliphatic carbocycles. The number of nitrogens with zero attached hydrogens (tertiary/aromatic N) is 1. The zero-order valence-corrected chi connectivity index (χ0v) is 21.5. The second-order valence-electron chi connectivity index (χ2n) is 7.79. The summed E-state index contributed by atoms with van der Waals surface area (Å²) in [6.45, 7) is 0.766. The van der Waals surface area contributed by atoms with Crippen molar-refractivity contribution in [3.05, 3.63) is 115 Å². The van der Waals surface area contributed by atoms with Crippen LogP contribution in [-0.4, -0.2) is 24.4 Å². The molecule has 1 heterocycles. The van der Waals surface area contributed by atoms with Crippen LogP contribution in [0.2, 0.25) is 0 Å². The number of ether oxygens (including phenoxy) is 1. The number of hydrogen-bond donors (Lipinski definition) is 0. The molecule has 1 amide bonds. The summed E-state index contributed by atoms with van der Waals surface area (Å²) in [7, 11) is 1.18. The van der Waals surface area contributed by atoms with Crippen molar-refractivity contribution in [2.24, 2.45) is 0 Å². The van der Waals surface area contributed by atoms with Gasteiger partial charge in [0.2, 0.25) is 5.91 Å². The predicted molar refractivity (Wildman–Crippen MR) is 148 cm³/mol. The number of carbonyl (C=O) groups is 1. The third-order valence-electron chi connectivity index (χ3n) is 5.55. The lowest BCUT2D eigenvalue weighted by Crippen LogP contribution is -2.26. The zero-order valence-electron chi connectivity index (χ0n) is 19.1. The molecule has 1 saturated heterocycles. The number of carbonyl (C=O) groups excluding carboxylic acids is 1. The fourth-order valence-electron chi connectivity index (χ4n) is 3.86. The Kier molecular flexibility index (Phi) is 8.51. The standard InChI is InChI=1S/C18H15P.C11H12BrNO2/c1-4-10-16(11-5-1)19(17-12-6-2-7-13-17)18-14-8-3-9-15-18;1-15-9-4-2-3-8(7-9)13-6-5-10(12)11(13)14/h1-15H;2-4,7,10H,5-6H2,1H3. The van der Waals surface area contributed by atoms with Crippen LogP contribution in [0.3, 0.4) is 0 Å². The molecule has 0 N–H and O–H groups in total. The maximum atomic E-state index is 11.7. The molecule has 0 aromatic heterocycles.